The average Bonchev–Trinajstić information content (AvgIpc) is 2.14. The lowest BCUT2D eigenvalue weighted by atomic mass is 9.86. The molecule has 2 aromatic rings. The van der Waals surface area contributed by atoms with E-state index in [0.717, 1.165) is 22.6 Å². The average molecular weight is 215 g/mol. The monoisotopic (exact) mass is 215 g/mol. The van der Waals surface area contributed by atoms with Crippen molar-refractivity contribution in [3.05, 3.63) is 29.2 Å². The summed E-state index contributed by atoms with van der Waals surface area (Å²) in [5, 5.41) is 0. The summed E-state index contributed by atoms with van der Waals surface area (Å²) in [6.07, 6.45) is 1.78. The van der Waals surface area contributed by atoms with Crippen LogP contribution < -0.4 is 0 Å². The molecule has 0 atom stereocenters. The van der Waals surface area contributed by atoms with Crippen LogP contribution in [0.5, 0.6) is 0 Å². The maximum atomic E-state index is 4.53. The topological polar surface area (TPSA) is 38.7 Å². The molecule has 2 heterocycles. The van der Waals surface area contributed by atoms with Gasteiger partial charge < -0.3 is 0 Å². The Morgan fingerprint density at radius 2 is 1.75 bits per heavy atom. The van der Waals surface area contributed by atoms with Crippen molar-refractivity contribution in [2.45, 2.75) is 40.0 Å². The predicted molar refractivity (Wildman–Crippen MR) is 65.5 cm³/mol. The number of pyridine rings is 1. The first-order chi connectivity index (χ1) is 7.38. The molecular weight excluding hydrogens is 198 g/mol. The zero-order chi connectivity index (χ0) is 11.9. The van der Waals surface area contributed by atoms with E-state index in [4.69, 9.17) is 0 Å². The fraction of sp³-hybridized carbons (Fsp3) is 0.462. The molecule has 0 amide bonds. The van der Waals surface area contributed by atoms with Gasteiger partial charge in [0.25, 0.3) is 0 Å². The van der Waals surface area contributed by atoms with Gasteiger partial charge in [0.15, 0.2) is 5.65 Å². The van der Waals surface area contributed by atoms with Crippen molar-refractivity contribution in [1.82, 2.24) is 15.0 Å². The third kappa shape index (κ3) is 1.90. The molecule has 0 fully saturated rings. The van der Waals surface area contributed by atoms with Gasteiger partial charge in [-0.15, -0.1) is 0 Å². The van der Waals surface area contributed by atoms with Crippen LogP contribution in [0.3, 0.4) is 0 Å². The Labute approximate surface area is 96.0 Å². The Balaban J connectivity index is 2.72. The molecule has 0 saturated carbocycles. The zero-order valence-corrected chi connectivity index (χ0v) is 10.5. The van der Waals surface area contributed by atoms with Gasteiger partial charge in [0.1, 0.15) is 5.52 Å². The zero-order valence-electron chi connectivity index (χ0n) is 10.5. The second-order valence-corrected chi connectivity index (χ2v) is 5.23. The van der Waals surface area contributed by atoms with Crippen LogP contribution >= 0.6 is 0 Å². The van der Waals surface area contributed by atoms with Crippen LogP contribution in [-0.2, 0) is 5.41 Å². The third-order valence-electron chi connectivity index (χ3n) is 2.65. The summed E-state index contributed by atoms with van der Waals surface area (Å²) < 4.78 is 0. The van der Waals surface area contributed by atoms with Gasteiger partial charge in [-0.25, -0.2) is 9.97 Å². The standard InChI is InChI=1S/C13H17N3/c1-8-7-14-11-6-10(13(3,4)5)9(2)16-12(11)15-8/h6-7H,1-5H3. The van der Waals surface area contributed by atoms with Crippen LogP contribution in [0.25, 0.3) is 11.2 Å². The van der Waals surface area contributed by atoms with E-state index < -0.39 is 0 Å². The minimum atomic E-state index is 0.0951. The Bertz CT molecular complexity index is 539. The van der Waals surface area contributed by atoms with Crippen LogP contribution in [0, 0.1) is 13.8 Å². The number of aryl methyl sites for hydroxylation is 2. The van der Waals surface area contributed by atoms with Crippen molar-refractivity contribution in [2.75, 3.05) is 0 Å². The lowest BCUT2D eigenvalue weighted by molar-refractivity contribution is 0.583. The number of hydrogen-bond acceptors (Lipinski definition) is 3. The van der Waals surface area contributed by atoms with Crippen LogP contribution in [-0.4, -0.2) is 15.0 Å². The van der Waals surface area contributed by atoms with E-state index in [9.17, 15) is 0 Å². The highest BCUT2D eigenvalue weighted by atomic mass is 14.9. The minimum Gasteiger partial charge on any atom is -0.251 e. The van der Waals surface area contributed by atoms with E-state index in [1.807, 2.05) is 13.8 Å². The van der Waals surface area contributed by atoms with Gasteiger partial charge >= 0.3 is 0 Å². The molecule has 0 aliphatic carbocycles. The molecular formula is C13H17N3. The second-order valence-electron chi connectivity index (χ2n) is 5.23. The summed E-state index contributed by atoms with van der Waals surface area (Å²) in [7, 11) is 0. The molecule has 16 heavy (non-hydrogen) atoms. The molecule has 2 rings (SSSR count). The van der Waals surface area contributed by atoms with Crippen molar-refractivity contribution >= 4 is 11.2 Å². The quantitative estimate of drug-likeness (QED) is 0.678. The maximum Gasteiger partial charge on any atom is 0.178 e. The molecule has 84 valence electrons. The third-order valence-corrected chi connectivity index (χ3v) is 2.65. The highest BCUT2D eigenvalue weighted by Gasteiger charge is 2.18. The van der Waals surface area contributed by atoms with Gasteiger partial charge in [0.2, 0.25) is 0 Å². The molecule has 0 saturated heterocycles. The number of rotatable bonds is 0. The molecule has 0 spiro atoms. The SMILES string of the molecule is Cc1cnc2cc(C(C)(C)C)c(C)nc2n1. The molecule has 2 aromatic heterocycles. The molecule has 0 aromatic carbocycles. The number of aromatic nitrogens is 3. The smallest absolute Gasteiger partial charge is 0.178 e. The number of fused-ring (bicyclic) bond motifs is 1. The molecule has 0 aliphatic heterocycles. The van der Waals surface area contributed by atoms with Gasteiger partial charge in [0.05, 0.1) is 5.69 Å². The van der Waals surface area contributed by atoms with Crippen LogP contribution in [0.1, 0.15) is 37.7 Å². The van der Waals surface area contributed by atoms with E-state index in [1.54, 1.807) is 6.20 Å². The van der Waals surface area contributed by atoms with Crippen molar-refractivity contribution < 1.29 is 0 Å². The molecule has 0 aliphatic rings. The Kier molecular flexibility index (Phi) is 2.41. The van der Waals surface area contributed by atoms with Crippen LogP contribution in [0.2, 0.25) is 0 Å². The highest BCUT2D eigenvalue weighted by molar-refractivity contribution is 5.71. The van der Waals surface area contributed by atoms with Crippen molar-refractivity contribution in [3.63, 3.8) is 0 Å². The lowest BCUT2D eigenvalue weighted by Crippen LogP contribution is -2.14. The summed E-state index contributed by atoms with van der Waals surface area (Å²) in [5.74, 6) is 0. The van der Waals surface area contributed by atoms with E-state index in [-0.39, 0.29) is 5.41 Å². The normalized spacial score (nSPS) is 12.1. The lowest BCUT2D eigenvalue weighted by Gasteiger charge is -2.21. The van der Waals surface area contributed by atoms with Gasteiger partial charge in [-0.05, 0) is 30.9 Å². The van der Waals surface area contributed by atoms with Gasteiger partial charge in [-0.2, -0.15) is 0 Å². The highest BCUT2D eigenvalue weighted by Crippen LogP contribution is 2.26. The first-order valence-corrected chi connectivity index (χ1v) is 5.49. The maximum absolute atomic E-state index is 4.53. The van der Waals surface area contributed by atoms with E-state index >= 15 is 0 Å². The molecule has 0 radical (unpaired) electrons. The second kappa shape index (κ2) is 3.51. The van der Waals surface area contributed by atoms with E-state index in [2.05, 4.69) is 41.8 Å². The summed E-state index contributed by atoms with van der Waals surface area (Å²) in [4.78, 5) is 13.3. The van der Waals surface area contributed by atoms with Crippen molar-refractivity contribution in [1.29, 1.82) is 0 Å². The molecule has 0 bridgehead atoms. The summed E-state index contributed by atoms with van der Waals surface area (Å²) in [5.41, 5.74) is 4.89. The first kappa shape index (κ1) is 11.0. The van der Waals surface area contributed by atoms with E-state index in [1.165, 1.54) is 5.56 Å². The molecule has 0 N–H and O–H groups in total. The van der Waals surface area contributed by atoms with Crippen molar-refractivity contribution in [2.24, 2.45) is 0 Å². The first-order valence-electron chi connectivity index (χ1n) is 5.49. The fourth-order valence-corrected chi connectivity index (χ4v) is 1.88. The minimum absolute atomic E-state index is 0.0951. The van der Waals surface area contributed by atoms with Crippen LogP contribution in [0.15, 0.2) is 12.3 Å². The Morgan fingerprint density at radius 1 is 1.06 bits per heavy atom. The number of hydrogen-bond donors (Lipinski definition) is 0. The number of nitrogens with zero attached hydrogens (tertiary/aromatic N) is 3. The van der Waals surface area contributed by atoms with Crippen molar-refractivity contribution in [3.8, 4) is 0 Å². The largest absolute Gasteiger partial charge is 0.251 e. The van der Waals surface area contributed by atoms with Crippen LogP contribution in [0.4, 0.5) is 0 Å². The van der Waals surface area contributed by atoms with Gasteiger partial charge in [0, 0.05) is 11.9 Å². The molecule has 3 heteroatoms. The predicted octanol–water partition coefficient (Wildman–Crippen LogP) is 2.94. The summed E-state index contributed by atoms with van der Waals surface area (Å²) in [6, 6.07) is 2.10. The van der Waals surface area contributed by atoms with Gasteiger partial charge in [-0.1, -0.05) is 20.8 Å². The molecule has 3 nitrogen and oxygen atoms in total. The summed E-state index contributed by atoms with van der Waals surface area (Å²) in [6.45, 7) is 10.5. The van der Waals surface area contributed by atoms with E-state index in [0.29, 0.717) is 0 Å². The Morgan fingerprint density at radius 3 is 2.38 bits per heavy atom. The summed E-state index contributed by atoms with van der Waals surface area (Å²) >= 11 is 0. The van der Waals surface area contributed by atoms with Gasteiger partial charge in [-0.3, -0.25) is 4.98 Å². The Hall–Kier alpha value is -1.51. The molecule has 0 unspecified atom stereocenters. The fourth-order valence-electron chi connectivity index (χ4n) is 1.88.